The molecule has 2 bridgehead atoms. The van der Waals surface area contributed by atoms with Crippen LogP contribution >= 0.6 is 0 Å². The van der Waals surface area contributed by atoms with Gasteiger partial charge in [-0.2, -0.15) is 0 Å². The minimum Gasteiger partial charge on any atom is -0.497 e. The zero-order valence-corrected chi connectivity index (χ0v) is 9.73. The highest BCUT2D eigenvalue weighted by molar-refractivity contribution is 5.37. The molecule has 0 N–H and O–H groups in total. The first-order chi connectivity index (χ1) is 7.78. The first kappa shape index (κ1) is 10.7. The van der Waals surface area contributed by atoms with Gasteiger partial charge >= 0.3 is 0 Å². The molecule has 0 atom stereocenters. The third kappa shape index (κ3) is 2.63. The van der Waals surface area contributed by atoms with Gasteiger partial charge in [-0.25, -0.2) is 0 Å². The Morgan fingerprint density at radius 3 is 1.81 bits per heavy atom. The number of aryl methyl sites for hydroxylation is 1. The van der Waals surface area contributed by atoms with E-state index in [2.05, 4.69) is 31.2 Å². The molecule has 0 radical (unpaired) electrons. The van der Waals surface area contributed by atoms with E-state index in [1.54, 1.807) is 7.11 Å². The lowest BCUT2D eigenvalue weighted by Gasteiger charge is -2.11. The Labute approximate surface area is 96.7 Å². The summed E-state index contributed by atoms with van der Waals surface area (Å²) < 4.78 is 4.97. The zero-order chi connectivity index (χ0) is 11.4. The smallest absolute Gasteiger partial charge is 0.118 e. The summed E-state index contributed by atoms with van der Waals surface area (Å²) in [6.45, 7) is 2.06. The number of hydrogen-bond acceptors (Lipinski definition) is 1. The fourth-order valence-electron chi connectivity index (χ4n) is 1.63. The van der Waals surface area contributed by atoms with Crippen LogP contribution in [-0.2, 0) is 6.42 Å². The van der Waals surface area contributed by atoms with Gasteiger partial charge < -0.3 is 4.74 Å². The van der Waals surface area contributed by atoms with Crippen LogP contribution in [0.5, 0.6) is 5.75 Å². The van der Waals surface area contributed by atoms with Crippen LogP contribution in [0.15, 0.2) is 48.5 Å². The molecule has 0 unspecified atom stereocenters. The van der Waals surface area contributed by atoms with Crippen LogP contribution in [0.4, 0.5) is 0 Å². The molecule has 82 valence electrons. The molecule has 0 saturated heterocycles. The van der Waals surface area contributed by atoms with Gasteiger partial charge in [-0.05, 0) is 36.6 Å². The number of hydrogen-bond donors (Lipinski definition) is 0. The van der Waals surface area contributed by atoms with Crippen molar-refractivity contribution in [2.45, 2.75) is 13.3 Å². The van der Waals surface area contributed by atoms with E-state index in [4.69, 9.17) is 4.74 Å². The highest BCUT2D eigenvalue weighted by Crippen LogP contribution is 2.18. The lowest BCUT2D eigenvalue weighted by molar-refractivity contribution is 0.414. The van der Waals surface area contributed by atoms with Crippen LogP contribution in [0.2, 0.25) is 0 Å². The molecule has 16 heavy (non-hydrogen) atoms. The number of benzene rings is 2. The van der Waals surface area contributed by atoms with Crippen molar-refractivity contribution in [1.29, 1.82) is 0 Å². The van der Waals surface area contributed by atoms with E-state index in [0.717, 1.165) is 5.75 Å². The van der Waals surface area contributed by atoms with E-state index in [1.165, 1.54) is 23.1 Å². The molecule has 0 aliphatic heterocycles. The minimum absolute atomic E-state index is 0.917. The largest absolute Gasteiger partial charge is 0.497 e. The quantitative estimate of drug-likeness (QED) is 0.599. The van der Waals surface area contributed by atoms with Gasteiger partial charge in [-0.15, -0.1) is 0 Å². The molecule has 2 aliphatic rings. The Balaban J connectivity index is 0.000000123. The predicted octanol–water partition coefficient (Wildman–Crippen LogP) is 3.59. The van der Waals surface area contributed by atoms with Crippen molar-refractivity contribution >= 4 is 0 Å². The second-order valence-corrected chi connectivity index (χ2v) is 4.01. The van der Waals surface area contributed by atoms with Crippen molar-refractivity contribution in [2.24, 2.45) is 0 Å². The lowest BCUT2D eigenvalue weighted by atomic mass is 9.94. The molecule has 2 aliphatic carbocycles. The molecule has 0 fully saturated rings. The van der Waals surface area contributed by atoms with Gasteiger partial charge in [-0.1, -0.05) is 42.0 Å². The van der Waals surface area contributed by atoms with Gasteiger partial charge in [0.2, 0.25) is 0 Å². The van der Waals surface area contributed by atoms with E-state index in [-0.39, 0.29) is 0 Å². The molecule has 4 rings (SSSR count). The normalized spacial score (nSPS) is 10.9. The molecule has 0 spiro atoms. The standard InChI is InChI=1S/C8H10O.C7H6/c1-7-3-5-8(9-2)6-4-7;1-2-6-4-7(3-1)5-6/h3-6H,1-2H3;1-4H,5H2. The Morgan fingerprint density at radius 1 is 0.938 bits per heavy atom. The van der Waals surface area contributed by atoms with Crippen molar-refractivity contribution in [1.82, 2.24) is 0 Å². The average Bonchev–Trinajstić information content (AvgIpc) is 2.31. The highest BCUT2D eigenvalue weighted by Gasteiger charge is 2.04. The van der Waals surface area contributed by atoms with Crippen LogP contribution < -0.4 is 4.74 Å². The van der Waals surface area contributed by atoms with E-state index in [1.807, 2.05) is 24.3 Å². The number of ether oxygens (including phenoxy) is 1. The third-order valence-electron chi connectivity index (χ3n) is 2.66. The van der Waals surface area contributed by atoms with Gasteiger partial charge in [0, 0.05) is 0 Å². The van der Waals surface area contributed by atoms with E-state index in [9.17, 15) is 0 Å². The number of fused-ring (bicyclic) bond motifs is 2. The first-order valence-electron chi connectivity index (χ1n) is 5.46. The second-order valence-electron chi connectivity index (χ2n) is 4.01. The van der Waals surface area contributed by atoms with Crippen molar-refractivity contribution in [3.8, 4) is 5.75 Å². The third-order valence-corrected chi connectivity index (χ3v) is 2.66. The fraction of sp³-hybridized carbons (Fsp3) is 0.200. The molecular formula is C15H16O. The first-order valence-corrected chi connectivity index (χ1v) is 5.46. The zero-order valence-electron chi connectivity index (χ0n) is 9.73. The molecule has 1 heteroatoms. The lowest BCUT2D eigenvalue weighted by Crippen LogP contribution is -1.97. The van der Waals surface area contributed by atoms with Crippen molar-refractivity contribution in [2.75, 3.05) is 7.11 Å². The molecule has 2 aromatic rings. The Morgan fingerprint density at radius 2 is 1.50 bits per heavy atom. The van der Waals surface area contributed by atoms with Crippen LogP contribution in [0.25, 0.3) is 0 Å². The van der Waals surface area contributed by atoms with Crippen molar-refractivity contribution < 1.29 is 4.74 Å². The maximum atomic E-state index is 4.97. The summed E-state index contributed by atoms with van der Waals surface area (Å²) in [5.41, 5.74) is 4.23. The van der Waals surface area contributed by atoms with Gasteiger partial charge in [0.05, 0.1) is 7.11 Å². The van der Waals surface area contributed by atoms with Gasteiger partial charge in [0.1, 0.15) is 5.75 Å². The average molecular weight is 212 g/mol. The minimum atomic E-state index is 0.917. The van der Waals surface area contributed by atoms with Crippen LogP contribution in [0.1, 0.15) is 16.7 Å². The summed E-state index contributed by atoms with van der Waals surface area (Å²) in [5.74, 6) is 0.917. The SMILES string of the molecule is COc1ccc(C)cc1.c1cc2cc(c1)C2. The Hall–Kier alpha value is -1.76. The molecule has 1 nitrogen and oxygen atoms in total. The highest BCUT2D eigenvalue weighted by atomic mass is 16.5. The summed E-state index contributed by atoms with van der Waals surface area (Å²) in [7, 11) is 1.67. The molecule has 0 heterocycles. The summed E-state index contributed by atoms with van der Waals surface area (Å²) >= 11 is 0. The predicted molar refractivity (Wildman–Crippen MR) is 67.0 cm³/mol. The summed E-state index contributed by atoms with van der Waals surface area (Å²) in [6, 6.07) is 16.6. The van der Waals surface area contributed by atoms with Crippen LogP contribution in [0.3, 0.4) is 0 Å². The topological polar surface area (TPSA) is 9.23 Å². The van der Waals surface area contributed by atoms with Crippen molar-refractivity contribution in [3.05, 3.63) is 65.2 Å². The second kappa shape index (κ2) is 4.84. The maximum absolute atomic E-state index is 4.97. The van der Waals surface area contributed by atoms with Crippen LogP contribution in [-0.4, -0.2) is 7.11 Å². The van der Waals surface area contributed by atoms with E-state index >= 15 is 0 Å². The number of methoxy groups -OCH3 is 1. The van der Waals surface area contributed by atoms with Gasteiger partial charge in [0.15, 0.2) is 0 Å². The summed E-state index contributed by atoms with van der Waals surface area (Å²) in [4.78, 5) is 0. The Kier molecular flexibility index (Phi) is 3.25. The van der Waals surface area contributed by atoms with Gasteiger partial charge in [0.25, 0.3) is 0 Å². The summed E-state index contributed by atoms with van der Waals surface area (Å²) in [6.07, 6.45) is 1.22. The van der Waals surface area contributed by atoms with Crippen LogP contribution in [0, 0.1) is 6.92 Å². The summed E-state index contributed by atoms with van der Waals surface area (Å²) in [5, 5.41) is 0. The molecule has 0 amide bonds. The molecule has 2 aromatic carbocycles. The molecule has 0 saturated carbocycles. The number of rotatable bonds is 1. The molecular weight excluding hydrogens is 196 g/mol. The Bertz CT molecular complexity index is 432. The van der Waals surface area contributed by atoms with Gasteiger partial charge in [-0.3, -0.25) is 0 Å². The molecule has 0 aromatic heterocycles. The fourth-order valence-corrected chi connectivity index (χ4v) is 1.63. The van der Waals surface area contributed by atoms with E-state index in [0.29, 0.717) is 0 Å². The monoisotopic (exact) mass is 212 g/mol. The van der Waals surface area contributed by atoms with E-state index < -0.39 is 0 Å². The maximum Gasteiger partial charge on any atom is 0.118 e. The van der Waals surface area contributed by atoms with Crippen molar-refractivity contribution in [3.63, 3.8) is 0 Å².